The Bertz CT molecular complexity index is 290. The summed E-state index contributed by atoms with van der Waals surface area (Å²) >= 11 is 0. The Morgan fingerprint density at radius 1 is 1.50 bits per heavy atom. The number of hydrogen-bond donors (Lipinski definition) is 1. The van der Waals surface area contributed by atoms with Crippen molar-refractivity contribution >= 4 is 0 Å². The van der Waals surface area contributed by atoms with Gasteiger partial charge in [0.05, 0.1) is 6.61 Å². The summed E-state index contributed by atoms with van der Waals surface area (Å²) in [6.07, 6.45) is 4.96. The van der Waals surface area contributed by atoms with Gasteiger partial charge in [0.1, 0.15) is 0 Å². The highest BCUT2D eigenvalue weighted by molar-refractivity contribution is 4.98. The Hall–Kier alpha value is -0.770. The summed E-state index contributed by atoms with van der Waals surface area (Å²) in [5.74, 6) is 0.650. The molecule has 0 amide bonds. The van der Waals surface area contributed by atoms with E-state index in [0.29, 0.717) is 19.1 Å². The lowest BCUT2D eigenvalue weighted by atomic mass is 9.69. The Labute approximate surface area is 96.1 Å². The van der Waals surface area contributed by atoms with Gasteiger partial charge >= 0.3 is 0 Å². The molecule has 1 aliphatic heterocycles. The number of nitrogens with zero attached hydrogens (tertiary/aromatic N) is 4. The highest BCUT2D eigenvalue weighted by Gasteiger charge is 2.46. The van der Waals surface area contributed by atoms with Crippen LogP contribution in [-0.2, 0) is 0 Å². The summed E-state index contributed by atoms with van der Waals surface area (Å²) in [4.78, 5) is 5.12. The first kappa shape index (κ1) is 11.7. The topological polar surface area (TPSA) is 72.2 Å². The van der Waals surface area contributed by atoms with Gasteiger partial charge in [-0.1, -0.05) is 18.0 Å². The van der Waals surface area contributed by atoms with Gasteiger partial charge in [0.2, 0.25) is 0 Å². The molecule has 1 heterocycles. The van der Waals surface area contributed by atoms with Crippen LogP contribution in [0.25, 0.3) is 10.4 Å². The van der Waals surface area contributed by atoms with E-state index in [2.05, 4.69) is 14.9 Å². The number of aliphatic hydroxyl groups is 1. The molecule has 0 unspecified atom stereocenters. The van der Waals surface area contributed by atoms with E-state index in [1.807, 2.05) is 0 Å². The van der Waals surface area contributed by atoms with Gasteiger partial charge < -0.3 is 10.0 Å². The van der Waals surface area contributed by atoms with Crippen molar-refractivity contribution in [3.8, 4) is 0 Å². The van der Waals surface area contributed by atoms with E-state index in [1.54, 1.807) is 0 Å². The van der Waals surface area contributed by atoms with Crippen LogP contribution in [-0.4, -0.2) is 42.8 Å². The third-order valence-corrected chi connectivity index (χ3v) is 4.25. The maximum atomic E-state index is 9.63. The van der Waals surface area contributed by atoms with Crippen LogP contribution in [0.3, 0.4) is 0 Å². The van der Waals surface area contributed by atoms with Crippen LogP contribution in [0.15, 0.2) is 5.11 Å². The SMILES string of the molecule is [N-]=[N+]=NCCN1C[C@H]2CCCC[C@]2(CO)C1. The Balaban J connectivity index is 1.94. The van der Waals surface area contributed by atoms with Crippen molar-refractivity contribution in [2.75, 3.05) is 32.8 Å². The molecule has 0 aromatic heterocycles. The molecule has 2 rings (SSSR count). The normalized spacial score (nSPS) is 34.4. The molecule has 5 nitrogen and oxygen atoms in total. The van der Waals surface area contributed by atoms with Crippen LogP contribution >= 0.6 is 0 Å². The maximum Gasteiger partial charge on any atom is 0.0502 e. The molecule has 2 aliphatic rings. The van der Waals surface area contributed by atoms with E-state index in [9.17, 15) is 5.11 Å². The third kappa shape index (κ3) is 2.17. The van der Waals surface area contributed by atoms with Gasteiger partial charge in [-0.3, -0.25) is 0 Å². The Morgan fingerprint density at radius 2 is 2.38 bits per heavy atom. The minimum Gasteiger partial charge on any atom is -0.396 e. The Morgan fingerprint density at radius 3 is 3.06 bits per heavy atom. The fourth-order valence-corrected chi connectivity index (χ4v) is 3.35. The third-order valence-electron chi connectivity index (χ3n) is 4.25. The van der Waals surface area contributed by atoms with Crippen LogP contribution in [0.2, 0.25) is 0 Å². The second-order valence-corrected chi connectivity index (χ2v) is 5.15. The van der Waals surface area contributed by atoms with Gasteiger partial charge in [0.25, 0.3) is 0 Å². The van der Waals surface area contributed by atoms with Crippen LogP contribution in [0, 0.1) is 11.3 Å². The molecular formula is C11H20N4O. The zero-order valence-electron chi connectivity index (χ0n) is 9.68. The average molecular weight is 224 g/mol. The number of fused-ring (bicyclic) bond motifs is 1. The smallest absolute Gasteiger partial charge is 0.0502 e. The minimum atomic E-state index is 0.147. The lowest BCUT2D eigenvalue weighted by Gasteiger charge is -2.36. The van der Waals surface area contributed by atoms with Crippen LogP contribution in [0.5, 0.6) is 0 Å². The molecule has 1 aliphatic carbocycles. The van der Waals surface area contributed by atoms with E-state index in [-0.39, 0.29) is 5.41 Å². The van der Waals surface area contributed by atoms with E-state index >= 15 is 0 Å². The number of aliphatic hydroxyl groups excluding tert-OH is 1. The van der Waals surface area contributed by atoms with Crippen LogP contribution in [0.4, 0.5) is 0 Å². The first-order valence-corrected chi connectivity index (χ1v) is 6.15. The average Bonchev–Trinajstić information content (AvgIpc) is 2.68. The predicted octanol–water partition coefficient (Wildman–Crippen LogP) is 1.78. The second kappa shape index (κ2) is 5.04. The summed E-state index contributed by atoms with van der Waals surface area (Å²) in [7, 11) is 0. The van der Waals surface area contributed by atoms with Gasteiger partial charge in [-0.15, -0.1) is 0 Å². The van der Waals surface area contributed by atoms with Crippen LogP contribution in [0.1, 0.15) is 25.7 Å². The van der Waals surface area contributed by atoms with Crippen molar-refractivity contribution in [2.45, 2.75) is 25.7 Å². The number of azide groups is 1. The van der Waals surface area contributed by atoms with Gasteiger partial charge in [-0.2, -0.15) is 0 Å². The van der Waals surface area contributed by atoms with E-state index in [4.69, 9.17) is 5.53 Å². The fourth-order valence-electron chi connectivity index (χ4n) is 3.35. The molecule has 1 saturated heterocycles. The Kier molecular flexibility index (Phi) is 3.69. The largest absolute Gasteiger partial charge is 0.396 e. The molecule has 1 N–H and O–H groups in total. The minimum absolute atomic E-state index is 0.147. The molecular weight excluding hydrogens is 204 g/mol. The van der Waals surface area contributed by atoms with Gasteiger partial charge in [0, 0.05) is 36.5 Å². The standard InChI is InChI=1S/C11H20N4O/c12-14-13-5-6-15-7-10-3-1-2-4-11(10,8-15)9-16/h10,16H,1-9H2/t10-,11-/m1/s1. The van der Waals surface area contributed by atoms with Gasteiger partial charge in [-0.05, 0) is 24.3 Å². The monoisotopic (exact) mass is 224 g/mol. The van der Waals surface area contributed by atoms with Crippen molar-refractivity contribution in [1.29, 1.82) is 0 Å². The molecule has 1 saturated carbocycles. The number of likely N-dealkylation sites (tertiary alicyclic amines) is 1. The first-order chi connectivity index (χ1) is 7.80. The molecule has 0 spiro atoms. The molecule has 16 heavy (non-hydrogen) atoms. The lowest BCUT2D eigenvalue weighted by molar-refractivity contribution is 0.0584. The van der Waals surface area contributed by atoms with Gasteiger partial charge in [-0.25, -0.2) is 0 Å². The van der Waals surface area contributed by atoms with E-state index in [1.165, 1.54) is 19.3 Å². The zero-order chi connectivity index (χ0) is 11.4. The van der Waals surface area contributed by atoms with Crippen LogP contribution < -0.4 is 0 Å². The summed E-state index contributed by atoms with van der Waals surface area (Å²) in [5, 5.41) is 13.2. The molecule has 0 aromatic rings. The maximum absolute atomic E-state index is 9.63. The van der Waals surface area contributed by atoms with E-state index in [0.717, 1.165) is 26.1 Å². The van der Waals surface area contributed by atoms with Crippen molar-refractivity contribution < 1.29 is 5.11 Å². The highest BCUT2D eigenvalue weighted by atomic mass is 16.3. The number of rotatable bonds is 4. The first-order valence-electron chi connectivity index (χ1n) is 6.15. The predicted molar refractivity (Wildman–Crippen MR) is 61.9 cm³/mol. The van der Waals surface area contributed by atoms with Crippen molar-refractivity contribution in [2.24, 2.45) is 16.4 Å². The second-order valence-electron chi connectivity index (χ2n) is 5.15. The molecule has 0 aromatic carbocycles. The summed E-state index contributed by atoms with van der Waals surface area (Å²) < 4.78 is 0. The number of hydrogen-bond acceptors (Lipinski definition) is 3. The van der Waals surface area contributed by atoms with Gasteiger partial charge in [0.15, 0.2) is 0 Å². The quantitative estimate of drug-likeness (QED) is 0.449. The zero-order valence-corrected chi connectivity index (χ0v) is 9.68. The molecule has 2 atom stereocenters. The summed E-state index contributed by atoms with van der Waals surface area (Å²) in [5.41, 5.74) is 8.39. The van der Waals surface area contributed by atoms with Crippen molar-refractivity contribution in [1.82, 2.24) is 4.90 Å². The van der Waals surface area contributed by atoms with Crippen molar-refractivity contribution in [3.05, 3.63) is 10.4 Å². The van der Waals surface area contributed by atoms with Crippen molar-refractivity contribution in [3.63, 3.8) is 0 Å². The molecule has 0 bridgehead atoms. The lowest BCUT2D eigenvalue weighted by Crippen LogP contribution is -2.37. The molecule has 2 fully saturated rings. The fraction of sp³-hybridized carbons (Fsp3) is 1.00. The molecule has 0 radical (unpaired) electrons. The van der Waals surface area contributed by atoms with E-state index < -0.39 is 0 Å². The highest BCUT2D eigenvalue weighted by Crippen LogP contribution is 2.46. The molecule has 90 valence electrons. The molecule has 5 heteroatoms. The summed E-state index contributed by atoms with van der Waals surface area (Å²) in [6.45, 7) is 3.75. The summed E-state index contributed by atoms with van der Waals surface area (Å²) in [6, 6.07) is 0.